The van der Waals surface area contributed by atoms with Gasteiger partial charge < -0.3 is 16.6 Å². The number of hydrogen-bond acceptors (Lipinski definition) is 6. The topological polar surface area (TPSA) is 113 Å². The molecule has 1 unspecified atom stereocenters. The lowest BCUT2D eigenvalue weighted by Crippen LogP contribution is -2.40. The van der Waals surface area contributed by atoms with E-state index in [1.807, 2.05) is 60.3 Å². The monoisotopic (exact) mass is 446 g/mol. The fraction of sp³-hybridized carbons (Fsp3) is 0.231. The number of aromatic hydroxyl groups is 1. The van der Waals surface area contributed by atoms with Crippen LogP contribution in [0.15, 0.2) is 72.8 Å². The van der Waals surface area contributed by atoms with Crippen molar-refractivity contribution in [3.8, 4) is 5.75 Å². The van der Waals surface area contributed by atoms with Gasteiger partial charge in [0.05, 0.1) is 12.7 Å². The Kier molecular flexibility index (Phi) is 7.95. The summed E-state index contributed by atoms with van der Waals surface area (Å²) in [4.78, 5) is 29.1. The van der Waals surface area contributed by atoms with Gasteiger partial charge in [-0.2, -0.15) is 0 Å². The summed E-state index contributed by atoms with van der Waals surface area (Å²) < 4.78 is 0. The number of amides is 1. The number of carbonyl (C=O) groups excluding carboxylic acids is 2. The van der Waals surface area contributed by atoms with Gasteiger partial charge in [-0.15, -0.1) is 0 Å². The molecule has 0 aliphatic rings. The Morgan fingerprint density at radius 3 is 2.21 bits per heavy atom. The molecule has 7 nitrogen and oxygen atoms in total. The van der Waals surface area contributed by atoms with E-state index >= 15 is 0 Å². The summed E-state index contributed by atoms with van der Waals surface area (Å²) in [6.45, 7) is 0.948. The van der Waals surface area contributed by atoms with E-state index in [-0.39, 0.29) is 24.2 Å². The molecule has 0 fully saturated rings. The van der Waals surface area contributed by atoms with Gasteiger partial charge in [0.25, 0.3) is 0 Å². The van der Waals surface area contributed by atoms with E-state index in [0.717, 1.165) is 16.7 Å². The van der Waals surface area contributed by atoms with Crippen molar-refractivity contribution in [2.75, 3.05) is 20.6 Å². The normalized spacial score (nSPS) is 12.2. The second-order valence-corrected chi connectivity index (χ2v) is 8.23. The van der Waals surface area contributed by atoms with E-state index in [0.29, 0.717) is 24.2 Å². The summed E-state index contributed by atoms with van der Waals surface area (Å²) in [5, 5.41) is 9.66. The molecular weight excluding hydrogens is 416 g/mol. The molecule has 1 atom stereocenters. The van der Waals surface area contributed by atoms with Crippen LogP contribution in [0, 0.1) is 0 Å². The molecule has 7 heteroatoms. The molecule has 1 amide bonds. The first-order valence-electron chi connectivity index (χ1n) is 10.7. The average molecular weight is 447 g/mol. The van der Waals surface area contributed by atoms with E-state index < -0.39 is 5.91 Å². The van der Waals surface area contributed by atoms with Gasteiger partial charge >= 0.3 is 0 Å². The summed E-state index contributed by atoms with van der Waals surface area (Å²) >= 11 is 0. The maximum atomic E-state index is 13.3. The summed E-state index contributed by atoms with van der Waals surface area (Å²) in [6.07, 6.45) is -0.306. The van der Waals surface area contributed by atoms with Crippen LogP contribution in [-0.4, -0.2) is 47.2 Å². The highest BCUT2D eigenvalue weighted by Crippen LogP contribution is 2.27. The zero-order valence-electron chi connectivity index (χ0n) is 18.9. The fourth-order valence-corrected chi connectivity index (χ4v) is 3.90. The van der Waals surface area contributed by atoms with E-state index in [9.17, 15) is 14.7 Å². The number of benzene rings is 3. The molecule has 5 N–H and O–H groups in total. The number of Topliss-reactive ketones (excluding diaryl/α,β-unsaturated/α-hetero) is 1. The van der Waals surface area contributed by atoms with Gasteiger partial charge in [-0.3, -0.25) is 19.4 Å². The van der Waals surface area contributed by atoms with Gasteiger partial charge in [-0.25, -0.2) is 0 Å². The quantitative estimate of drug-likeness (QED) is 0.326. The summed E-state index contributed by atoms with van der Waals surface area (Å²) in [5.41, 5.74) is 14.9. The number of phenolic OH excluding ortho intramolecular Hbond substituents is 1. The number of ketones is 1. The molecule has 0 heterocycles. The van der Waals surface area contributed by atoms with Crippen LogP contribution in [0.25, 0.3) is 0 Å². The zero-order valence-corrected chi connectivity index (χ0v) is 18.9. The van der Waals surface area contributed by atoms with Crippen LogP contribution in [0.5, 0.6) is 5.75 Å². The van der Waals surface area contributed by atoms with Crippen LogP contribution in [-0.2, 0) is 13.1 Å². The molecule has 0 aliphatic carbocycles. The number of nitrogens with zero attached hydrogens (tertiary/aromatic N) is 2. The van der Waals surface area contributed by atoms with Crippen molar-refractivity contribution in [1.82, 2.24) is 9.80 Å². The zero-order chi connectivity index (χ0) is 24.0. The summed E-state index contributed by atoms with van der Waals surface area (Å²) in [7, 11) is 3.84. The third-order valence-corrected chi connectivity index (χ3v) is 5.46. The summed E-state index contributed by atoms with van der Waals surface area (Å²) in [5.74, 6) is -0.366. The van der Waals surface area contributed by atoms with Crippen molar-refractivity contribution < 1.29 is 14.7 Å². The third kappa shape index (κ3) is 6.26. The van der Waals surface area contributed by atoms with Gasteiger partial charge in [-0.1, -0.05) is 42.5 Å². The predicted molar refractivity (Wildman–Crippen MR) is 129 cm³/mol. The molecule has 0 saturated heterocycles. The predicted octanol–water partition coefficient (Wildman–Crippen LogP) is 2.90. The van der Waals surface area contributed by atoms with Crippen LogP contribution in [0.3, 0.4) is 0 Å². The second kappa shape index (κ2) is 10.9. The summed E-state index contributed by atoms with van der Waals surface area (Å²) in [6, 6.07) is 21.4. The lowest BCUT2D eigenvalue weighted by atomic mass is 10.0. The minimum atomic E-state index is -0.505. The average Bonchev–Trinajstić information content (AvgIpc) is 2.80. The smallest absolute Gasteiger partial charge is 0.248 e. The number of primary amides is 1. The Labute approximate surface area is 194 Å². The molecule has 33 heavy (non-hydrogen) atoms. The Morgan fingerprint density at radius 1 is 0.909 bits per heavy atom. The number of hydrogen-bond donors (Lipinski definition) is 3. The SMILES string of the molecule is CN(C)C(c1cccc(C(N)=O)c1)N(CC(=O)c1cccc(CN)c1)Cc1ccc(O)cc1. The number of carbonyl (C=O) groups is 2. The van der Waals surface area contributed by atoms with Crippen LogP contribution >= 0.6 is 0 Å². The lowest BCUT2D eigenvalue weighted by Gasteiger charge is -2.36. The molecule has 172 valence electrons. The highest BCUT2D eigenvalue weighted by molar-refractivity contribution is 5.97. The minimum absolute atomic E-state index is 0.0398. The molecular formula is C26H30N4O3. The molecule has 0 radical (unpaired) electrons. The van der Waals surface area contributed by atoms with E-state index in [4.69, 9.17) is 11.5 Å². The Hall–Kier alpha value is -3.52. The number of phenols is 1. The molecule has 0 aromatic heterocycles. The van der Waals surface area contributed by atoms with Gasteiger partial charge in [0.2, 0.25) is 5.91 Å². The maximum absolute atomic E-state index is 13.3. The molecule has 0 saturated carbocycles. The first-order chi connectivity index (χ1) is 15.8. The maximum Gasteiger partial charge on any atom is 0.248 e. The van der Waals surface area contributed by atoms with Gasteiger partial charge in [0.1, 0.15) is 5.75 Å². The second-order valence-electron chi connectivity index (χ2n) is 8.23. The molecule has 0 bridgehead atoms. The van der Waals surface area contributed by atoms with Gasteiger partial charge in [0, 0.05) is 24.2 Å². The van der Waals surface area contributed by atoms with Crippen molar-refractivity contribution in [3.05, 3.63) is 101 Å². The van der Waals surface area contributed by atoms with Crippen molar-refractivity contribution >= 4 is 11.7 Å². The van der Waals surface area contributed by atoms with Crippen LogP contribution in [0.2, 0.25) is 0 Å². The van der Waals surface area contributed by atoms with Gasteiger partial charge in [-0.05, 0) is 61.1 Å². The minimum Gasteiger partial charge on any atom is -0.508 e. The standard InChI is InChI=1S/C26H30N4O3/c1-29(2)26(22-8-4-7-21(14-22)25(28)33)30(16-18-9-11-23(31)12-10-18)17-24(32)20-6-3-5-19(13-20)15-27/h3-14,26,31H,15-17,27H2,1-2H3,(H2,28,33). The molecule has 0 spiro atoms. The Balaban J connectivity index is 1.99. The first-order valence-corrected chi connectivity index (χ1v) is 10.7. The molecule has 0 aliphatic heterocycles. The number of nitrogens with two attached hydrogens (primary N) is 2. The van der Waals surface area contributed by atoms with E-state index in [1.54, 1.807) is 36.4 Å². The van der Waals surface area contributed by atoms with Crippen LogP contribution in [0.4, 0.5) is 0 Å². The molecule has 3 aromatic carbocycles. The van der Waals surface area contributed by atoms with Crippen LogP contribution < -0.4 is 11.5 Å². The van der Waals surface area contributed by atoms with E-state index in [2.05, 4.69) is 0 Å². The highest BCUT2D eigenvalue weighted by atomic mass is 16.3. The Bertz CT molecular complexity index is 1110. The van der Waals surface area contributed by atoms with Crippen molar-refractivity contribution in [3.63, 3.8) is 0 Å². The lowest BCUT2D eigenvalue weighted by molar-refractivity contribution is 0.0597. The van der Waals surface area contributed by atoms with Crippen molar-refractivity contribution in [1.29, 1.82) is 0 Å². The van der Waals surface area contributed by atoms with Crippen LogP contribution in [0.1, 0.15) is 43.6 Å². The van der Waals surface area contributed by atoms with Crippen molar-refractivity contribution in [2.24, 2.45) is 11.5 Å². The first kappa shape index (κ1) is 24.1. The fourth-order valence-electron chi connectivity index (χ4n) is 3.90. The molecule has 3 rings (SSSR count). The number of rotatable bonds is 10. The highest BCUT2D eigenvalue weighted by Gasteiger charge is 2.26. The largest absolute Gasteiger partial charge is 0.508 e. The third-order valence-electron chi connectivity index (χ3n) is 5.46. The molecule has 3 aromatic rings. The van der Waals surface area contributed by atoms with Crippen molar-refractivity contribution in [2.45, 2.75) is 19.3 Å². The Morgan fingerprint density at radius 2 is 1.58 bits per heavy atom. The van der Waals surface area contributed by atoms with Gasteiger partial charge in [0.15, 0.2) is 5.78 Å². The van der Waals surface area contributed by atoms with E-state index in [1.165, 1.54) is 0 Å².